The predicted molar refractivity (Wildman–Crippen MR) is 69.7 cm³/mol. The number of piperidine rings is 1. The second-order valence-corrected chi connectivity index (χ2v) is 7.65. The van der Waals surface area contributed by atoms with Crippen LogP contribution in [-0.4, -0.2) is 31.9 Å². The van der Waals surface area contributed by atoms with E-state index >= 15 is 0 Å². The smallest absolute Gasteiger partial charge is 0.252 e. The van der Waals surface area contributed by atoms with Crippen LogP contribution in [0.1, 0.15) is 24.6 Å². The fourth-order valence-corrected chi connectivity index (χ4v) is 4.85. The van der Waals surface area contributed by atoms with Crippen molar-refractivity contribution >= 4 is 21.4 Å². The molecule has 0 spiro atoms. The number of hydrogen-bond acceptors (Lipinski definition) is 4. The van der Waals surface area contributed by atoms with Crippen molar-refractivity contribution in [2.75, 3.05) is 13.1 Å². The van der Waals surface area contributed by atoms with Crippen molar-refractivity contribution in [2.24, 2.45) is 5.73 Å². The van der Waals surface area contributed by atoms with Gasteiger partial charge in [-0.3, -0.25) is 0 Å². The van der Waals surface area contributed by atoms with Gasteiger partial charge in [0.25, 0.3) is 10.0 Å². The molecule has 0 amide bonds. The van der Waals surface area contributed by atoms with E-state index in [1.54, 1.807) is 10.4 Å². The molecule has 17 heavy (non-hydrogen) atoms. The first-order valence-corrected chi connectivity index (χ1v) is 8.14. The minimum Gasteiger partial charge on any atom is -0.328 e. The lowest BCUT2D eigenvalue weighted by molar-refractivity contribution is 0.320. The van der Waals surface area contributed by atoms with Crippen LogP contribution in [0, 0.1) is 0 Å². The highest BCUT2D eigenvalue weighted by atomic mass is 32.2. The summed E-state index contributed by atoms with van der Waals surface area (Å²) in [5.74, 6) is 0. The van der Waals surface area contributed by atoms with Gasteiger partial charge in [0.1, 0.15) is 4.21 Å². The van der Waals surface area contributed by atoms with E-state index in [2.05, 4.69) is 0 Å². The lowest BCUT2D eigenvalue weighted by Gasteiger charge is -2.28. The van der Waals surface area contributed by atoms with Crippen LogP contribution in [0.2, 0.25) is 0 Å². The molecule has 4 nitrogen and oxygen atoms in total. The van der Waals surface area contributed by atoms with E-state index in [1.807, 2.05) is 13.0 Å². The highest BCUT2D eigenvalue weighted by Crippen LogP contribution is 2.26. The lowest BCUT2D eigenvalue weighted by atomic mass is 10.1. The molecule has 2 rings (SSSR count). The van der Waals surface area contributed by atoms with Crippen LogP contribution in [0.15, 0.2) is 16.3 Å². The van der Waals surface area contributed by atoms with E-state index in [0.29, 0.717) is 17.3 Å². The summed E-state index contributed by atoms with van der Waals surface area (Å²) in [7, 11) is -3.28. The van der Waals surface area contributed by atoms with Gasteiger partial charge >= 0.3 is 0 Å². The molecule has 0 bridgehead atoms. The van der Waals surface area contributed by atoms with E-state index < -0.39 is 10.0 Å². The first-order valence-electron chi connectivity index (χ1n) is 5.88. The van der Waals surface area contributed by atoms with Gasteiger partial charge in [-0.1, -0.05) is 6.92 Å². The fourth-order valence-electron chi connectivity index (χ4n) is 1.93. The Balaban J connectivity index is 2.18. The van der Waals surface area contributed by atoms with E-state index in [1.165, 1.54) is 11.3 Å². The SMILES string of the molecule is CCc1ccc(S(=O)(=O)N2CCC(N)CC2)s1. The third kappa shape index (κ3) is 2.70. The molecule has 1 saturated heterocycles. The average Bonchev–Trinajstić information content (AvgIpc) is 2.78. The highest BCUT2D eigenvalue weighted by Gasteiger charge is 2.29. The zero-order valence-electron chi connectivity index (χ0n) is 9.93. The maximum Gasteiger partial charge on any atom is 0.252 e. The lowest BCUT2D eigenvalue weighted by Crippen LogP contribution is -2.42. The molecular weight excluding hydrogens is 256 g/mol. The first kappa shape index (κ1) is 13.0. The Morgan fingerprint density at radius 3 is 2.59 bits per heavy atom. The van der Waals surface area contributed by atoms with Crippen LogP contribution < -0.4 is 5.73 Å². The Bertz CT molecular complexity index is 473. The molecule has 0 aromatic carbocycles. The first-order chi connectivity index (χ1) is 8.04. The molecular formula is C11H18N2O2S2. The standard InChI is InChI=1S/C11H18N2O2S2/c1-2-10-3-4-11(16-10)17(14,15)13-7-5-9(12)6-8-13/h3-4,9H,2,5-8,12H2,1H3. The molecule has 1 fully saturated rings. The van der Waals surface area contributed by atoms with Crippen LogP contribution in [0.3, 0.4) is 0 Å². The second-order valence-electron chi connectivity index (χ2n) is 4.32. The van der Waals surface area contributed by atoms with Crippen LogP contribution in [0.25, 0.3) is 0 Å². The number of hydrogen-bond donors (Lipinski definition) is 1. The van der Waals surface area contributed by atoms with Gasteiger partial charge in [0, 0.05) is 24.0 Å². The molecule has 0 aliphatic carbocycles. The van der Waals surface area contributed by atoms with Crippen LogP contribution >= 0.6 is 11.3 Å². The minimum atomic E-state index is -3.28. The van der Waals surface area contributed by atoms with Gasteiger partial charge in [-0.25, -0.2) is 8.42 Å². The Morgan fingerprint density at radius 1 is 1.41 bits per heavy atom. The van der Waals surface area contributed by atoms with Gasteiger partial charge in [-0.2, -0.15) is 4.31 Å². The molecule has 2 N–H and O–H groups in total. The zero-order valence-corrected chi connectivity index (χ0v) is 11.6. The highest BCUT2D eigenvalue weighted by molar-refractivity contribution is 7.91. The number of aryl methyl sites for hydroxylation is 1. The molecule has 0 radical (unpaired) electrons. The molecule has 2 heterocycles. The summed E-state index contributed by atoms with van der Waals surface area (Å²) in [6, 6.07) is 3.76. The summed E-state index contributed by atoms with van der Waals surface area (Å²) >= 11 is 1.37. The zero-order chi connectivity index (χ0) is 12.5. The third-order valence-electron chi connectivity index (χ3n) is 3.08. The summed E-state index contributed by atoms with van der Waals surface area (Å²) < 4.78 is 26.7. The summed E-state index contributed by atoms with van der Waals surface area (Å²) in [6.45, 7) is 3.12. The number of thiophene rings is 1. The van der Waals surface area contributed by atoms with Gasteiger partial charge in [-0.05, 0) is 31.4 Å². The largest absolute Gasteiger partial charge is 0.328 e. The van der Waals surface area contributed by atoms with Crippen LogP contribution in [0.5, 0.6) is 0 Å². The van der Waals surface area contributed by atoms with E-state index in [0.717, 1.165) is 24.1 Å². The van der Waals surface area contributed by atoms with Crippen molar-refractivity contribution in [1.82, 2.24) is 4.31 Å². The normalized spacial score (nSPS) is 19.6. The molecule has 96 valence electrons. The molecule has 0 saturated carbocycles. The second kappa shape index (κ2) is 5.06. The molecule has 0 unspecified atom stereocenters. The van der Waals surface area contributed by atoms with Gasteiger partial charge < -0.3 is 5.73 Å². The van der Waals surface area contributed by atoms with Gasteiger partial charge in [0.05, 0.1) is 0 Å². The Labute approximate surface area is 106 Å². The van der Waals surface area contributed by atoms with Gasteiger partial charge in [0.15, 0.2) is 0 Å². The molecule has 1 aromatic rings. The summed E-state index contributed by atoms with van der Waals surface area (Å²) in [4.78, 5) is 1.11. The molecule has 1 aliphatic heterocycles. The van der Waals surface area contributed by atoms with E-state index in [9.17, 15) is 8.42 Å². The maximum atomic E-state index is 12.3. The van der Waals surface area contributed by atoms with E-state index in [-0.39, 0.29) is 6.04 Å². The van der Waals surface area contributed by atoms with Crippen LogP contribution in [0.4, 0.5) is 0 Å². The fraction of sp³-hybridized carbons (Fsp3) is 0.636. The van der Waals surface area contributed by atoms with Crippen molar-refractivity contribution < 1.29 is 8.42 Å². The molecule has 1 aliphatic rings. The van der Waals surface area contributed by atoms with Crippen molar-refractivity contribution in [3.63, 3.8) is 0 Å². The number of rotatable bonds is 3. The molecule has 6 heteroatoms. The molecule has 0 atom stereocenters. The third-order valence-corrected chi connectivity index (χ3v) is 6.67. The Hall–Kier alpha value is -0.430. The van der Waals surface area contributed by atoms with Gasteiger partial charge in [0.2, 0.25) is 0 Å². The summed E-state index contributed by atoms with van der Waals surface area (Å²) in [5.41, 5.74) is 5.79. The Morgan fingerprint density at radius 2 is 2.06 bits per heavy atom. The van der Waals surface area contributed by atoms with Crippen molar-refractivity contribution in [3.05, 3.63) is 17.0 Å². The quantitative estimate of drug-likeness (QED) is 0.906. The Kier molecular flexibility index (Phi) is 3.87. The summed E-state index contributed by atoms with van der Waals surface area (Å²) in [5, 5.41) is 0. The maximum absolute atomic E-state index is 12.3. The average molecular weight is 274 g/mol. The predicted octanol–water partition coefficient (Wildman–Crippen LogP) is 1.42. The monoisotopic (exact) mass is 274 g/mol. The van der Waals surface area contributed by atoms with Gasteiger partial charge in [-0.15, -0.1) is 11.3 Å². The van der Waals surface area contributed by atoms with E-state index in [4.69, 9.17) is 5.73 Å². The topological polar surface area (TPSA) is 63.4 Å². The number of nitrogens with two attached hydrogens (primary N) is 1. The van der Waals surface area contributed by atoms with Crippen molar-refractivity contribution in [1.29, 1.82) is 0 Å². The van der Waals surface area contributed by atoms with Crippen molar-refractivity contribution in [3.8, 4) is 0 Å². The summed E-state index contributed by atoms with van der Waals surface area (Å²) in [6.07, 6.45) is 2.39. The number of nitrogens with zero attached hydrogens (tertiary/aromatic N) is 1. The minimum absolute atomic E-state index is 0.149. The molecule has 1 aromatic heterocycles. The van der Waals surface area contributed by atoms with Crippen molar-refractivity contribution in [2.45, 2.75) is 36.4 Å². The van der Waals surface area contributed by atoms with Crippen LogP contribution in [-0.2, 0) is 16.4 Å². The number of sulfonamides is 1.